The number of anilines is 1. The van der Waals surface area contributed by atoms with E-state index >= 15 is 0 Å². The second-order valence-corrected chi connectivity index (χ2v) is 6.61. The molecule has 2 aromatic rings. The zero-order valence-corrected chi connectivity index (χ0v) is 15.0. The van der Waals surface area contributed by atoms with Crippen LogP contribution in [0.3, 0.4) is 0 Å². The van der Waals surface area contributed by atoms with Crippen molar-refractivity contribution in [1.82, 2.24) is 10.6 Å². The maximum absolute atomic E-state index is 11.9. The molecule has 1 aliphatic heterocycles. The molecule has 132 valence electrons. The molecule has 0 aliphatic carbocycles. The molecule has 0 saturated carbocycles. The van der Waals surface area contributed by atoms with Crippen LogP contribution >= 0.6 is 23.2 Å². The SMILES string of the molecule is O=C(NCC1CNC(c2ccc(Cl)c(Cl)c2)CO1)Nc1ccccc1. The first kappa shape index (κ1) is 18.0. The average molecular weight is 380 g/mol. The van der Waals surface area contributed by atoms with Gasteiger partial charge in [-0.25, -0.2) is 4.79 Å². The molecule has 2 atom stereocenters. The number of para-hydroxylation sites is 1. The predicted octanol–water partition coefficient (Wildman–Crippen LogP) is 3.84. The van der Waals surface area contributed by atoms with E-state index in [1.54, 1.807) is 6.07 Å². The van der Waals surface area contributed by atoms with Crippen molar-refractivity contribution in [3.8, 4) is 0 Å². The van der Waals surface area contributed by atoms with Crippen LogP contribution in [0.1, 0.15) is 11.6 Å². The number of halogens is 2. The molecular formula is C18H19Cl2N3O2. The van der Waals surface area contributed by atoms with Gasteiger partial charge in [-0.3, -0.25) is 0 Å². The summed E-state index contributed by atoms with van der Waals surface area (Å²) in [6, 6.07) is 14.7. The minimum Gasteiger partial charge on any atom is -0.373 e. The maximum Gasteiger partial charge on any atom is 0.319 e. The van der Waals surface area contributed by atoms with E-state index in [1.807, 2.05) is 42.5 Å². The Bertz CT molecular complexity index is 720. The highest BCUT2D eigenvalue weighted by atomic mass is 35.5. The van der Waals surface area contributed by atoms with Gasteiger partial charge in [0.25, 0.3) is 0 Å². The van der Waals surface area contributed by atoms with Crippen LogP contribution in [-0.2, 0) is 4.74 Å². The lowest BCUT2D eigenvalue weighted by atomic mass is 10.1. The number of benzene rings is 2. The van der Waals surface area contributed by atoms with Crippen LogP contribution < -0.4 is 16.0 Å². The molecule has 3 rings (SSSR count). The molecule has 2 amide bonds. The number of morpholine rings is 1. The summed E-state index contributed by atoms with van der Waals surface area (Å²) in [4.78, 5) is 11.9. The van der Waals surface area contributed by atoms with Crippen molar-refractivity contribution in [2.45, 2.75) is 12.1 Å². The van der Waals surface area contributed by atoms with E-state index in [4.69, 9.17) is 27.9 Å². The second kappa shape index (κ2) is 8.54. The van der Waals surface area contributed by atoms with Crippen molar-refractivity contribution in [3.63, 3.8) is 0 Å². The molecule has 0 spiro atoms. The van der Waals surface area contributed by atoms with Gasteiger partial charge < -0.3 is 20.7 Å². The molecule has 0 radical (unpaired) electrons. The quantitative estimate of drug-likeness (QED) is 0.755. The monoisotopic (exact) mass is 379 g/mol. The van der Waals surface area contributed by atoms with Gasteiger partial charge in [-0.15, -0.1) is 0 Å². The summed E-state index contributed by atoms with van der Waals surface area (Å²) < 4.78 is 5.83. The number of nitrogens with one attached hydrogen (secondary N) is 3. The summed E-state index contributed by atoms with van der Waals surface area (Å²) in [5.41, 5.74) is 1.78. The highest BCUT2D eigenvalue weighted by Gasteiger charge is 2.23. The largest absolute Gasteiger partial charge is 0.373 e. The summed E-state index contributed by atoms with van der Waals surface area (Å²) in [5.74, 6) is 0. The minimum atomic E-state index is -0.249. The lowest BCUT2D eigenvalue weighted by Crippen LogP contribution is -2.47. The number of hydrogen-bond donors (Lipinski definition) is 3. The number of ether oxygens (including phenoxy) is 1. The van der Waals surface area contributed by atoms with Crippen LogP contribution in [-0.4, -0.2) is 31.8 Å². The van der Waals surface area contributed by atoms with Gasteiger partial charge in [-0.2, -0.15) is 0 Å². The van der Waals surface area contributed by atoms with Gasteiger partial charge in [-0.1, -0.05) is 47.5 Å². The lowest BCUT2D eigenvalue weighted by molar-refractivity contribution is 0.00620. The highest BCUT2D eigenvalue weighted by molar-refractivity contribution is 6.42. The highest BCUT2D eigenvalue weighted by Crippen LogP contribution is 2.26. The summed E-state index contributed by atoms with van der Waals surface area (Å²) in [6.45, 7) is 1.57. The van der Waals surface area contributed by atoms with Gasteiger partial charge in [0, 0.05) is 18.8 Å². The van der Waals surface area contributed by atoms with Gasteiger partial charge in [-0.05, 0) is 29.8 Å². The number of carbonyl (C=O) groups excluding carboxylic acids is 1. The average Bonchev–Trinajstić information content (AvgIpc) is 2.64. The predicted molar refractivity (Wildman–Crippen MR) is 100 cm³/mol. The van der Waals surface area contributed by atoms with E-state index < -0.39 is 0 Å². The smallest absolute Gasteiger partial charge is 0.319 e. The van der Waals surface area contributed by atoms with E-state index in [0.717, 1.165) is 11.3 Å². The standard InChI is InChI=1S/C18H19Cl2N3O2/c19-15-7-6-12(8-16(15)20)17-11-25-14(9-21-17)10-22-18(24)23-13-4-2-1-3-5-13/h1-8,14,17,21H,9-11H2,(H2,22,23,24). The maximum atomic E-state index is 11.9. The van der Waals surface area contributed by atoms with Crippen LogP contribution in [0.4, 0.5) is 10.5 Å². The van der Waals surface area contributed by atoms with Gasteiger partial charge in [0.2, 0.25) is 0 Å². The van der Waals surface area contributed by atoms with E-state index in [0.29, 0.717) is 29.7 Å². The fourth-order valence-electron chi connectivity index (χ4n) is 2.60. The van der Waals surface area contributed by atoms with Crippen molar-refractivity contribution in [1.29, 1.82) is 0 Å². The third kappa shape index (κ3) is 5.09. The summed E-state index contributed by atoms with van der Waals surface area (Å²) in [7, 11) is 0. The molecule has 0 bridgehead atoms. The third-order valence-corrected chi connectivity index (χ3v) is 4.70. The summed E-state index contributed by atoms with van der Waals surface area (Å²) >= 11 is 12.0. The molecule has 1 saturated heterocycles. The molecule has 5 nitrogen and oxygen atoms in total. The number of carbonyl (C=O) groups is 1. The number of urea groups is 1. The Labute approximate surface area is 156 Å². The third-order valence-electron chi connectivity index (χ3n) is 3.96. The molecular weight excluding hydrogens is 361 g/mol. The van der Waals surface area contributed by atoms with E-state index in [9.17, 15) is 4.79 Å². The molecule has 25 heavy (non-hydrogen) atoms. The van der Waals surface area contributed by atoms with Gasteiger partial charge >= 0.3 is 6.03 Å². The van der Waals surface area contributed by atoms with E-state index in [-0.39, 0.29) is 18.2 Å². The molecule has 2 aromatic carbocycles. The zero-order chi connectivity index (χ0) is 17.6. The van der Waals surface area contributed by atoms with Gasteiger partial charge in [0.1, 0.15) is 0 Å². The lowest BCUT2D eigenvalue weighted by Gasteiger charge is -2.31. The first-order chi connectivity index (χ1) is 12.1. The topological polar surface area (TPSA) is 62.4 Å². The fourth-order valence-corrected chi connectivity index (χ4v) is 2.91. The first-order valence-corrected chi connectivity index (χ1v) is 8.77. The molecule has 1 heterocycles. The van der Waals surface area contributed by atoms with E-state index in [1.165, 1.54) is 0 Å². The van der Waals surface area contributed by atoms with Crippen molar-refractivity contribution < 1.29 is 9.53 Å². The van der Waals surface area contributed by atoms with Crippen LogP contribution in [0.25, 0.3) is 0 Å². The molecule has 0 aromatic heterocycles. The Kier molecular flexibility index (Phi) is 6.15. The Hall–Kier alpha value is -1.79. The Morgan fingerprint density at radius 1 is 1.16 bits per heavy atom. The van der Waals surface area contributed by atoms with Gasteiger partial charge in [0.15, 0.2) is 0 Å². The Balaban J connectivity index is 1.43. The van der Waals surface area contributed by atoms with Crippen LogP contribution in [0.5, 0.6) is 0 Å². The van der Waals surface area contributed by atoms with Crippen molar-refractivity contribution in [2.24, 2.45) is 0 Å². The van der Waals surface area contributed by atoms with Crippen molar-refractivity contribution in [3.05, 3.63) is 64.1 Å². The normalized spacial score (nSPS) is 20.1. The molecule has 7 heteroatoms. The van der Waals surface area contributed by atoms with Gasteiger partial charge in [0.05, 0.1) is 28.8 Å². The summed E-state index contributed by atoms with van der Waals surface area (Å²) in [6.07, 6.45) is -0.0828. The Morgan fingerprint density at radius 3 is 2.64 bits per heavy atom. The van der Waals surface area contributed by atoms with Crippen LogP contribution in [0.15, 0.2) is 48.5 Å². The van der Waals surface area contributed by atoms with Crippen LogP contribution in [0, 0.1) is 0 Å². The van der Waals surface area contributed by atoms with E-state index in [2.05, 4.69) is 16.0 Å². The fraction of sp³-hybridized carbons (Fsp3) is 0.278. The number of hydrogen-bond acceptors (Lipinski definition) is 3. The molecule has 1 fully saturated rings. The molecule has 3 N–H and O–H groups in total. The first-order valence-electron chi connectivity index (χ1n) is 8.01. The molecule has 2 unspecified atom stereocenters. The number of amides is 2. The van der Waals surface area contributed by atoms with Crippen molar-refractivity contribution >= 4 is 34.9 Å². The molecule has 1 aliphatic rings. The Morgan fingerprint density at radius 2 is 1.96 bits per heavy atom. The zero-order valence-electron chi connectivity index (χ0n) is 13.5. The minimum absolute atomic E-state index is 0.0594. The number of rotatable bonds is 4. The van der Waals surface area contributed by atoms with Crippen LogP contribution in [0.2, 0.25) is 10.0 Å². The van der Waals surface area contributed by atoms with Crippen molar-refractivity contribution in [2.75, 3.05) is 25.0 Å². The second-order valence-electron chi connectivity index (χ2n) is 5.79. The summed E-state index contributed by atoms with van der Waals surface area (Å²) in [5, 5.41) is 10.1.